The van der Waals surface area contributed by atoms with E-state index in [0.717, 1.165) is 0 Å². The first-order valence-corrected chi connectivity index (χ1v) is 5.14. The Morgan fingerprint density at radius 3 is 3.06 bits per heavy atom. The molecule has 0 saturated heterocycles. The summed E-state index contributed by atoms with van der Waals surface area (Å²) in [6.45, 7) is 0.521. The Morgan fingerprint density at radius 1 is 1.41 bits per heavy atom. The topological polar surface area (TPSA) is 87.6 Å². The molecule has 2 aromatic rings. The lowest BCUT2D eigenvalue weighted by molar-refractivity contribution is -0.139. The van der Waals surface area contributed by atoms with Gasteiger partial charge in [0, 0.05) is 6.54 Å². The van der Waals surface area contributed by atoms with E-state index in [1.807, 2.05) is 12.1 Å². The Kier molecular flexibility index (Phi) is 3.69. The van der Waals surface area contributed by atoms with Gasteiger partial charge in [0.2, 0.25) is 0 Å². The van der Waals surface area contributed by atoms with Crippen molar-refractivity contribution < 1.29 is 18.8 Å². The van der Waals surface area contributed by atoms with E-state index < -0.39 is 5.97 Å². The van der Waals surface area contributed by atoms with Crippen molar-refractivity contribution in [1.29, 1.82) is 0 Å². The summed E-state index contributed by atoms with van der Waals surface area (Å²) in [6, 6.07) is 7.12. The highest BCUT2D eigenvalue weighted by Gasteiger charge is 2.12. The number of nitrogens with two attached hydrogens (primary N) is 1. The van der Waals surface area contributed by atoms with Crippen molar-refractivity contribution in [3.05, 3.63) is 24.3 Å². The van der Waals surface area contributed by atoms with Crippen LogP contribution in [0, 0.1) is 0 Å². The summed E-state index contributed by atoms with van der Waals surface area (Å²) in [7, 11) is 0. The van der Waals surface area contributed by atoms with E-state index in [1.54, 1.807) is 12.1 Å². The fourth-order valence-electron chi connectivity index (χ4n) is 1.31. The summed E-state index contributed by atoms with van der Waals surface area (Å²) < 4.78 is 14.9. The Bertz CT molecular complexity index is 509. The standard InChI is InChI=1S/C11H12N2O4/c12-5-6-15-7-10(14)16-11-8-3-1-2-4-9(8)17-13-11/h1-4H,5-7,12H2. The quantitative estimate of drug-likeness (QED) is 0.607. The molecule has 0 radical (unpaired) electrons. The van der Waals surface area contributed by atoms with Crippen LogP contribution < -0.4 is 10.5 Å². The van der Waals surface area contributed by atoms with Crippen molar-refractivity contribution in [1.82, 2.24) is 5.16 Å². The summed E-state index contributed by atoms with van der Waals surface area (Å²) in [5, 5.41) is 4.32. The second kappa shape index (κ2) is 5.42. The monoisotopic (exact) mass is 236 g/mol. The molecule has 6 heteroatoms. The Balaban J connectivity index is 2.01. The number of hydrogen-bond donors (Lipinski definition) is 1. The number of ether oxygens (including phenoxy) is 2. The van der Waals surface area contributed by atoms with Crippen molar-refractivity contribution >= 4 is 16.9 Å². The first kappa shape index (κ1) is 11.6. The number of rotatable bonds is 5. The molecule has 1 heterocycles. The number of hydrogen-bond acceptors (Lipinski definition) is 6. The summed E-state index contributed by atoms with van der Waals surface area (Å²) >= 11 is 0. The van der Waals surface area contributed by atoms with Crippen molar-refractivity contribution in [3.63, 3.8) is 0 Å². The van der Waals surface area contributed by atoms with Crippen molar-refractivity contribution in [2.24, 2.45) is 5.73 Å². The van der Waals surface area contributed by atoms with E-state index in [1.165, 1.54) is 0 Å². The molecule has 17 heavy (non-hydrogen) atoms. The number of carbonyl (C=O) groups is 1. The van der Waals surface area contributed by atoms with E-state index >= 15 is 0 Å². The molecule has 0 unspecified atom stereocenters. The third kappa shape index (κ3) is 2.80. The summed E-state index contributed by atoms with van der Waals surface area (Å²) in [6.07, 6.45) is 0. The molecule has 0 aliphatic heterocycles. The van der Waals surface area contributed by atoms with Crippen LogP contribution in [0.1, 0.15) is 0 Å². The highest BCUT2D eigenvalue weighted by atomic mass is 16.6. The maximum atomic E-state index is 11.4. The van der Waals surface area contributed by atoms with Crippen molar-refractivity contribution in [3.8, 4) is 5.88 Å². The highest BCUT2D eigenvalue weighted by molar-refractivity contribution is 5.85. The molecule has 90 valence electrons. The van der Waals surface area contributed by atoms with E-state index in [4.69, 9.17) is 19.7 Å². The molecule has 0 amide bonds. The average Bonchev–Trinajstić information content (AvgIpc) is 2.73. The number of para-hydroxylation sites is 1. The second-order valence-corrected chi connectivity index (χ2v) is 3.30. The van der Waals surface area contributed by atoms with E-state index in [-0.39, 0.29) is 12.5 Å². The summed E-state index contributed by atoms with van der Waals surface area (Å²) in [4.78, 5) is 11.4. The van der Waals surface area contributed by atoms with Gasteiger partial charge in [0.15, 0.2) is 5.58 Å². The van der Waals surface area contributed by atoms with Gasteiger partial charge in [-0.3, -0.25) is 0 Å². The molecular formula is C11H12N2O4. The van der Waals surface area contributed by atoms with Crippen molar-refractivity contribution in [2.75, 3.05) is 19.8 Å². The number of benzene rings is 1. The molecule has 0 spiro atoms. The van der Waals surface area contributed by atoms with Gasteiger partial charge in [-0.05, 0) is 17.3 Å². The zero-order valence-corrected chi connectivity index (χ0v) is 9.09. The first-order valence-electron chi connectivity index (χ1n) is 5.14. The van der Waals surface area contributed by atoms with E-state index in [0.29, 0.717) is 24.1 Å². The van der Waals surface area contributed by atoms with Crippen LogP contribution >= 0.6 is 0 Å². The molecule has 0 atom stereocenters. The zero-order chi connectivity index (χ0) is 12.1. The smallest absolute Gasteiger partial charge is 0.338 e. The largest absolute Gasteiger partial charge is 0.402 e. The lowest BCUT2D eigenvalue weighted by Gasteiger charge is -2.01. The molecule has 1 aromatic heterocycles. The third-order valence-corrected chi connectivity index (χ3v) is 2.04. The van der Waals surface area contributed by atoms with Gasteiger partial charge >= 0.3 is 5.97 Å². The van der Waals surface area contributed by atoms with Gasteiger partial charge in [-0.2, -0.15) is 0 Å². The second-order valence-electron chi connectivity index (χ2n) is 3.30. The third-order valence-electron chi connectivity index (χ3n) is 2.04. The van der Waals surface area contributed by atoms with Crippen molar-refractivity contribution in [2.45, 2.75) is 0 Å². The Morgan fingerprint density at radius 2 is 2.24 bits per heavy atom. The number of esters is 1. The minimum atomic E-state index is -0.530. The van der Waals surface area contributed by atoms with E-state index in [2.05, 4.69) is 5.16 Å². The van der Waals surface area contributed by atoms with Gasteiger partial charge in [0.05, 0.1) is 12.0 Å². The molecular weight excluding hydrogens is 224 g/mol. The zero-order valence-electron chi connectivity index (χ0n) is 9.09. The Hall–Kier alpha value is -1.92. The molecule has 2 rings (SSSR count). The predicted octanol–water partition coefficient (Wildman–Crippen LogP) is 0.708. The Labute approximate surface area is 97.3 Å². The molecule has 0 aliphatic carbocycles. The van der Waals surface area contributed by atoms with Crippen LogP contribution in [0.4, 0.5) is 0 Å². The SMILES string of the molecule is NCCOCC(=O)Oc1noc2ccccc12. The van der Waals surface area contributed by atoms with Crippen LogP contribution in [-0.2, 0) is 9.53 Å². The number of aromatic nitrogens is 1. The van der Waals surface area contributed by atoms with Crippen LogP contribution in [-0.4, -0.2) is 30.9 Å². The molecule has 0 aliphatic rings. The maximum absolute atomic E-state index is 11.4. The fraction of sp³-hybridized carbons (Fsp3) is 0.273. The molecule has 1 aromatic carbocycles. The number of nitrogens with zero attached hydrogens (tertiary/aromatic N) is 1. The van der Waals surface area contributed by atoms with Gasteiger partial charge in [0.25, 0.3) is 5.88 Å². The summed E-state index contributed by atoms with van der Waals surface area (Å²) in [5.74, 6) is -0.376. The number of fused-ring (bicyclic) bond motifs is 1. The lowest BCUT2D eigenvalue weighted by Crippen LogP contribution is -2.18. The highest BCUT2D eigenvalue weighted by Crippen LogP contribution is 2.23. The predicted molar refractivity (Wildman–Crippen MR) is 59.5 cm³/mol. The van der Waals surface area contributed by atoms with E-state index in [9.17, 15) is 4.79 Å². The maximum Gasteiger partial charge on any atom is 0.338 e. The van der Waals surface area contributed by atoms with Crippen LogP contribution in [0.5, 0.6) is 5.88 Å². The molecule has 0 bridgehead atoms. The molecule has 0 fully saturated rings. The van der Waals surface area contributed by atoms with Gasteiger partial charge in [-0.25, -0.2) is 4.79 Å². The van der Waals surface area contributed by atoms with Crippen LogP contribution in [0.3, 0.4) is 0 Å². The molecule has 2 N–H and O–H groups in total. The van der Waals surface area contributed by atoms with Gasteiger partial charge in [-0.1, -0.05) is 12.1 Å². The molecule has 6 nitrogen and oxygen atoms in total. The van der Waals surface area contributed by atoms with Crippen LogP contribution in [0.25, 0.3) is 11.0 Å². The molecule has 0 saturated carbocycles. The average molecular weight is 236 g/mol. The minimum Gasteiger partial charge on any atom is -0.402 e. The van der Waals surface area contributed by atoms with Gasteiger partial charge in [-0.15, -0.1) is 0 Å². The first-order chi connectivity index (χ1) is 8.31. The van der Waals surface area contributed by atoms with Gasteiger partial charge < -0.3 is 19.7 Å². The number of carbonyl (C=O) groups excluding carboxylic acids is 1. The lowest BCUT2D eigenvalue weighted by atomic mass is 10.3. The van der Waals surface area contributed by atoms with Crippen LogP contribution in [0.15, 0.2) is 28.8 Å². The fourth-order valence-corrected chi connectivity index (χ4v) is 1.31. The van der Waals surface area contributed by atoms with Crippen LogP contribution in [0.2, 0.25) is 0 Å². The van der Waals surface area contributed by atoms with Gasteiger partial charge in [0.1, 0.15) is 6.61 Å². The minimum absolute atomic E-state index is 0.154. The normalized spacial score (nSPS) is 10.6. The summed E-state index contributed by atoms with van der Waals surface area (Å²) in [5.41, 5.74) is 5.79.